The van der Waals surface area contributed by atoms with Gasteiger partial charge in [0.25, 0.3) is 11.5 Å². The number of aromatic nitrogens is 2. The highest BCUT2D eigenvalue weighted by Crippen LogP contribution is 2.28. The molecular weight excluding hydrogens is 418 g/mol. The minimum Gasteiger partial charge on any atom is -0.336 e. The molecule has 2 aromatic rings. The standard InChI is InChI=1S/C23H26F2N4O3/c1-13-14(2)22(31)27-26-20(13)10-15-3-6-19(25)18(9-15)23(32)28-7-8-29(21(30)12-28)17-5-4-16(24)11-17/h3,6,9,16-17H,4-5,7-8,10-12H2,1-2H3,(H,27,31)/t16-,17-/m1/s1. The first-order valence-electron chi connectivity index (χ1n) is 10.8. The van der Waals surface area contributed by atoms with Crippen LogP contribution in [0.5, 0.6) is 0 Å². The summed E-state index contributed by atoms with van der Waals surface area (Å²) in [5, 5.41) is 6.52. The van der Waals surface area contributed by atoms with Gasteiger partial charge in [0.1, 0.15) is 18.5 Å². The van der Waals surface area contributed by atoms with Gasteiger partial charge in [-0.15, -0.1) is 0 Å². The van der Waals surface area contributed by atoms with E-state index in [4.69, 9.17) is 0 Å². The molecule has 0 spiro atoms. The Kier molecular flexibility index (Phi) is 6.08. The van der Waals surface area contributed by atoms with E-state index < -0.39 is 17.9 Å². The normalized spacial score (nSPS) is 21.3. The van der Waals surface area contributed by atoms with Crippen LogP contribution >= 0.6 is 0 Å². The third-order valence-electron chi connectivity index (χ3n) is 6.59. The Morgan fingerprint density at radius 3 is 2.66 bits per heavy atom. The van der Waals surface area contributed by atoms with E-state index in [1.165, 1.54) is 17.0 Å². The van der Waals surface area contributed by atoms with E-state index in [0.29, 0.717) is 49.0 Å². The number of nitrogens with zero attached hydrogens (tertiary/aromatic N) is 3. The topological polar surface area (TPSA) is 86.4 Å². The van der Waals surface area contributed by atoms with Crippen molar-refractivity contribution < 1.29 is 18.4 Å². The van der Waals surface area contributed by atoms with Crippen LogP contribution in [0.4, 0.5) is 8.78 Å². The van der Waals surface area contributed by atoms with Crippen LogP contribution < -0.4 is 5.56 Å². The zero-order valence-corrected chi connectivity index (χ0v) is 18.2. The molecule has 170 valence electrons. The summed E-state index contributed by atoms with van der Waals surface area (Å²) < 4.78 is 28.0. The van der Waals surface area contributed by atoms with Crippen LogP contribution in [0.3, 0.4) is 0 Å². The van der Waals surface area contributed by atoms with Crippen LogP contribution in [0.1, 0.15) is 52.0 Å². The van der Waals surface area contributed by atoms with Gasteiger partial charge in [-0.05, 0) is 56.4 Å². The Hall–Kier alpha value is -3.10. The maximum atomic E-state index is 14.5. The average Bonchev–Trinajstić information content (AvgIpc) is 3.20. The molecule has 0 unspecified atom stereocenters. The van der Waals surface area contributed by atoms with Gasteiger partial charge in [-0.1, -0.05) is 6.07 Å². The van der Waals surface area contributed by atoms with Gasteiger partial charge in [0.2, 0.25) is 5.91 Å². The molecule has 1 aromatic heterocycles. The van der Waals surface area contributed by atoms with Crippen molar-refractivity contribution in [1.82, 2.24) is 20.0 Å². The molecule has 9 heteroatoms. The van der Waals surface area contributed by atoms with E-state index in [0.717, 1.165) is 5.56 Å². The lowest BCUT2D eigenvalue weighted by atomic mass is 10.0. The van der Waals surface area contributed by atoms with Gasteiger partial charge in [-0.3, -0.25) is 14.4 Å². The Morgan fingerprint density at radius 1 is 1.19 bits per heavy atom. The van der Waals surface area contributed by atoms with Gasteiger partial charge in [-0.2, -0.15) is 5.10 Å². The molecule has 2 aliphatic rings. The first kappa shape index (κ1) is 22.1. The van der Waals surface area contributed by atoms with E-state index >= 15 is 0 Å². The molecule has 2 heterocycles. The van der Waals surface area contributed by atoms with Crippen LogP contribution in [-0.4, -0.2) is 63.7 Å². The summed E-state index contributed by atoms with van der Waals surface area (Å²) in [5.74, 6) is -1.44. The van der Waals surface area contributed by atoms with Crippen LogP contribution in [0, 0.1) is 19.7 Å². The first-order chi connectivity index (χ1) is 15.2. The highest BCUT2D eigenvalue weighted by Gasteiger charge is 2.36. The summed E-state index contributed by atoms with van der Waals surface area (Å²) in [5.41, 5.74) is 2.25. The third kappa shape index (κ3) is 4.28. The van der Waals surface area contributed by atoms with Crippen LogP contribution in [0.2, 0.25) is 0 Å². The minimum absolute atomic E-state index is 0.104. The number of rotatable bonds is 4. The molecule has 2 amide bonds. The Bertz CT molecular complexity index is 1120. The lowest BCUT2D eigenvalue weighted by molar-refractivity contribution is -0.137. The monoisotopic (exact) mass is 444 g/mol. The van der Waals surface area contributed by atoms with Crippen molar-refractivity contribution >= 4 is 11.8 Å². The Labute approximate surface area is 184 Å². The maximum absolute atomic E-state index is 14.5. The smallest absolute Gasteiger partial charge is 0.267 e. The maximum Gasteiger partial charge on any atom is 0.267 e. The molecule has 32 heavy (non-hydrogen) atoms. The van der Waals surface area contributed by atoms with Crippen LogP contribution in [-0.2, 0) is 11.2 Å². The summed E-state index contributed by atoms with van der Waals surface area (Å²) in [6, 6.07) is 4.16. The van der Waals surface area contributed by atoms with Crippen LogP contribution in [0.25, 0.3) is 0 Å². The highest BCUT2D eigenvalue weighted by atomic mass is 19.1. The molecule has 1 saturated heterocycles. The van der Waals surface area contributed by atoms with Gasteiger partial charge in [0.05, 0.1) is 11.3 Å². The number of piperazine rings is 1. The fourth-order valence-electron chi connectivity index (χ4n) is 4.49. The van der Waals surface area contributed by atoms with Crippen molar-refractivity contribution in [3.63, 3.8) is 0 Å². The largest absolute Gasteiger partial charge is 0.336 e. The van der Waals surface area contributed by atoms with Crippen molar-refractivity contribution in [2.24, 2.45) is 0 Å². The minimum atomic E-state index is -0.881. The summed E-state index contributed by atoms with van der Waals surface area (Å²) in [6.07, 6.45) is 0.873. The van der Waals surface area contributed by atoms with E-state index in [2.05, 4.69) is 10.2 Å². The molecule has 0 bridgehead atoms. The molecule has 1 aliphatic carbocycles. The molecule has 2 atom stereocenters. The number of aromatic amines is 1. The third-order valence-corrected chi connectivity index (χ3v) is 6.59. The summed E-state index contributed by atoms with van der Waals surface area (Å²) in [7, 11) is 0. The van der Waals surface area contributed by atoms with Crippen molar-refractivity contribution in [1.29, 1.82) is 0 Å². The molecule has 4 rings (SSSR count). The summed E-state index contributed by atoms with van der Waals surface area (Å²) in [6.45, 7) is 3.96. The van der Waals surface area contributed by atoms with Crippen molar-refractivity contribution in [3.8, 4) is 0 Å². The predicted octanol–water partition coefficient (Wildman–Crippen LogP) is 2.29. The van der Waals surface area contributed by atoms with E-state index in [-0.39, 0.29) is 36.2 Å². The number of carbonyl (C=O) groups excluding carboxylic acids is 2. The molecule has 1 N–H and O–H groups in total. The molecule has 7 nitrogen and oxygen atoms in total. The number of amides is 2. The number of H-pyrrole nitrogens is 1. The fourth-order valence-corrected chi connectivity index (χ4v) is 4.49. The quantitative estimate of drug-likeness (QED) is 0.784. The summed E-state index contributed by atoms with van der Waals surface area (Å²) >= 11 is 0. The lowest BCUT2D eigenvalue weighted by Gasteiger charge is -2.37. The van der Waals surface area contributed by atoms with Crippen LogP contribution in [0.15, 0.2) is 23.0 Å². The number of alkyl halides is 1. The fraction of sp³-hybridized carbons (Fsp3) is 0.478. The van der Waals surface area contributed by atoms with Gasteiger partial charge < -0.3 is 9.80 Å². The number of benzene rings is 1. The van der Waals surface area contributed by atoms with E-state index in [9.17, 15) is 23.2 Å². The molecule has 1 aliphatic heterocycles. The van der Waals surface area contributed by atoms with Crippen molar-refractivity contribution in [2.45, 2.75) is 51.7 Å². The second kappa shape index (κ2) is 8.80. The second-order valence-corrected chi connectivity index (χ2v) is 8.62. The zero-order valence-electron chi connectivity index (χ0n) is 18.2. The predicted molar refractivity (Wildman–Crippen MR) is 114 cm³/mol. The zero-order chi connectivity index (χ0) is 23.0. The molecule has 2 fully saturated rings. The average molecular weight is 444 g/mol. The number of halogens is 2. The lowest BCUT2D eigenvalue weighted by Crippen LogP contribution is -2.55. The van der Waals surface area contributed by atoms with Gasteiger partial charge in [-0.25, -0.2) is 13.9 Å². The Balaban J connectivity index is 1.49. The van der Waals surface area contributed by atoms with Crippen molar-refractivity contribution in [2.75, 3.05) is 19.6 Å². The van der Waals surface area contributed by atoms with E-state index in [1.807, 2.05) is 0 Å². The molecule has 1 aromatic carbocycles. The van der Waals surface area contributed by atoms with Gasteiger partial charge >= 0.3 is 0 Å². The number of hydrogen-bond donors (Lipinski definition) is 1. The number of hydrogen-bond acceptors (Lipinski definition) is 4. The molecule has 0 radical (unpaired) electrons. The van der Waals surface area contributed by atoms with E-state index in [1.54, 1.807) is 24.8 Å². The number of nitrogens with one attached hydrogen (secondary N) is 1. The van der Waals surface area contributed by atoms with Crippen molar-refractivity contribution in [3.05, 3.63) is 62.3 Å². The first-order valence-corrected chi connectivity index (χ1v) is 10.8. The SMILES string of the molecule is Cc1c(Cc2ccc(F)c(C(=O)N3CCN([C@@H]4CC[C@@H](F)C4)C(=O)C3)c2)n[nH]c(=O)c1C. The second-order valence-electron chi connectivity index (χ2n) is 8.62. The molecule has 1 saturated carbocycles. The Morgan fingerprint density at radius 2 is 1.97 bits per heavy atom. The summed E-state index contributed by atoms with van der Waals surface area (Å²) in [4.78, 5) is 40.3. The molecular formula is C23H26F2N4O3. The van der Waals surface area contributed by atoms with Gasteiger partial charge in [0.15, 0.2) is 0 Å². The number of carbonyl (C=O) groups is 2. The van der Waals surface area contributed by atoms with Gasteiger partial charge in [0, 0.05) is 31.1 Å². The highest BCUT2D eigenvalue weighted by molar-refractivity contribution is 5.97.